The van der Waals surface area contributed by atoms with Gasteiger partial charge in [0.15, 0.2) is 17.3 Å². The molecule has 2 aromatic rings. The molecule has 0 aliphatic carbocycles. The molecule has 1 amide bonds. The Kier molecular flexibility index (Phi) is 4.97. The second-order valence-electron chi connectivity index (χ2n) is 6.54. The highest BCUT2D eigenvalue weighted by molar-refractivity contribution is 5.95. The lowest BCUT2D eigenvalue weighted by molar-refractivity contribution is 0.0714. The van der Waals surface area contributed by atoms with E-state index in [9.17, 15) is 4.79 Å². The van der Waals surface area contributed by atoms with Crippen LogP contribution >= 0.6 is 0 Å². The Morgan fingerprint density at radius 2 is 2.00 bits per heavy atom. The Hall–Kier alpha value is -2.50. The van der Waals surface area contributed by atoms with E-state index in [0.717, 1.165) is 24.3 Å². The van der Waals surface area contributed by atoms with Crippen molar-refractivity contribution in [3.05, 3.63) is 41.3 Å². The van der Waals surface area contributed by atoms with Gasteiger partial charge in [0.05, 0.1) is 26.0 Å². The third-order valence-electron chi connectivity index (χ3n) is 4.61. The second-order valence-corrected chi connectivity index (χ2v) is 6.54. The standard InChI is InChI=1S/C19H24N2O4/c1-12(2)14-11-17(25-20-14)15-6-5-9-21(15)19(22)13-7-8-16(23-3)18(10-13)24-4/h7-8,10-12,15H,5-6,9H2,1-4H3/t15-/m1/s1. The maximum absolute atomic E-state index is 13.0. The number of likely N-dealkylation sites (tertiary alicyclic amines) is 1. The number of amides is 1. The summed E-state index contributed by atoms with van der Waals surface area (Å²) in [6, 6.07) is 7.13. The molecule has 25 heavy (non-hydrogen) atoms. The molecule has 1 aliphatic rings. The highest BCUT2D eigenvalue weighted by Gasteiger charge is 2.33. The minimum absolute atomic E-state index is 0.0362. The van der Waals surface area contributed by atoms with E-state index in [4.69, 9.17) is 14.0 Å². The SMILES string of the molecule is COc1ccc(C(=O)N2CCC[C@@H]2c2cc(C(C)C)no2)cc1OC. The summed E-state index contributed by atoms with van der Waals surface area (Å²) in [7, 11) is 3.14. The number of ether oxygens (including phenoxy) is 2. The van der Waals surface area contributed by atoms with Crippen LogP contribution in [0.15, 0.2) is 28.8 Å². The number of aromatic nitrogens is 1. The lowest BCUT2D eigenvalue weighted by Crippen LogP contribution is -2.30. The van der Waals surface area contributed by atoms with Gasteiger partial charge in [-0.3, -0.25) is 4.79 Å². The average Bonchev–Trinajstić information content (AvgIpc) is 3.29. The third-order valence-corrected chi connectivity index (χ3v) is 4.61. The van der Waals surface area contributed by atoms with Gasteiger partial charge in [-0.15, -0.1) is 0 Å². The predicted molar refractivity (Wildman–Crippen MR) is 93.1 cm³/mol. The molecular formula is C19H24N2O4. The number of carbonyl (C=O) groups is 1. The highest BCUT2D eigenvalue weighted by atomic mass is 16.5. The van der Waals surface area contributed by atoms with Crippen molar-refractivity contribution < 1.29 is 18.8 Å². The molecule has 1 saturated heterocycles. The van der Waals surface area contributed by atoms with E-state index < -0.39 is 0 Å². The van der Waals surface area contributed by atoms with Gasteiger partial charge in [-0.25, -0.2) is 0 Å². The van der Waals surface area contributed by atoms with Crippen molar-refractivity contribution in [2.24, 2.45) is 0 Å². The van der Waals surface area contributed by atoms with E-state index in [1.165, 1.54) is 0 Å². The first-order valence-electron chi connectivity index (χ1n) is 8.54. The van der Waals surface area contributed by atoms with E-state index in [1.807, 2.05) is 11.0 Å². The summed E-state index contributed by atoms with van der Waals surface area (Å²) in [6.45, 7) is 4.85. The zero-order valence-electron chi connectivity index (χ0n) is 15.1. The summed E-state index contributed by atoms with van der Waals surface area (Å²) in [4.78, 5) is 14.9. The van der Waals surface area contributed by atoms with Crippen LogP contribution in [0.25, 0.3) is 0 Å². The molecule has 134 valence electrons. The summed E-state index contributed by atoms with van der Waals surface area (Å²) in [5.41, 5.74) is 1.49. The number of benzene rings is 1. The topological polar surface area (TPSA) is 64.8 Å². The van der Waals surface area contributed by atoms with Gasteiger partial charge < -0.3 is 18.9 Å². The van der Waals surface area contributed by atoms with Crippen molar-refractivity contribution in [2.75, 3.05) is 20.8 Å². The lowest BCUT2D eigenvalue weighted by atomic mass is 10.1. The van der Waals surface area contributed by atoms with Crippen LogP contribution < -0.4 is 9.47 Å². The van der Waals surface area contributed by atoms with Crippen LogP contribution in [0.1, 0.15) is 60.5 Å². The molecule has 1 aromatic carbocycles. The average molecular weight is 344 g/mol. The van der Waals surface area contributed by atoms with Gasteiger partial charge in [0.2, 0.25) is 0 Å². The number of hydrogen-bond acceptors (Lipinski definition) is 5. The van der Waals surface area contributed by atoms with Crippen LogP contribution in [0.3, 0.4) is 0 Å². The van der Waals surface area contributed by atoms with Gasteiger partial charge in [0.1, 0.15) is 0 Å². The summed E-state index contributed by atoms with van der Waals surface area (Å²) in [5.74, 6) is 2.18. The molecule has 0 bridgehead atoms. The molecule has 0 saturated carbocycles. The molecule has 1 atom stereocenters. The molecule has 0 spiro atoms. The minimum atomic E-state index is -0.0689. The van der Waals surface area contributed by atoms with E-state index in [-0.39, 0.29) is 11.9 Å². The zero-order chi connectivity index (χ0) is 18.0. The predicted octanol–water partition coefficient (Wildman–Crippen LogP) is 3.79. The first kappa shape index (κ1) is 17.3. The molecule has 6 heteroatoms. The van der Waals surface area contributed by atoms with Crippen LogP contribution in [-0.4, -0.2) is 36.7 Å². The number of methoxy groups -OCH3 is 2. The minimum Gasteiger partial charge on any atom is -0.493 e. The molecule has 6 nitrogen and oxygen atoms in total. The first-order valence-corrected chi connectivity index (χ1v) is 8.54. The monoisotopic (exact) mass is 344 g/mol. The third kappa shape index (κ3) is 3.34. The Balaban J connectivity index is 1.85. The zero-order valence-corrected chi connectivity index (χ0v) is 15.1. The quantitative estimate of drug-likeness (QED) is 0.825. The van der Waals surface area contributed by atoms with Crippen molar-refractivity contribution in [2.45, 2.75) is 38.6 Å². The van der Waals surface area contributed by atoms with Crippen molar-refractivity contribution in [3.8, 4) is 11.5 Å². The highest BCUT2D eigenvalue weighted by Crippen LogP contribution is 2.35. The fraction of sp³-hybridized carbons (Fsp3) is 0.474. The number of nitrogens with zero attached hydrogens (tertiary/aromatic N) is 2. The van der Waals surface area contributed by atoms with Gasteiger partial charge in [-0.2, -0.15) is 0 Å². The molecule has 1 fully saturated rings. The first-order chi connectivity index (χ1) is 12.0. The Labute approximate surface area is 147 Å². The molecule has 0 radical (unpaired) electrons. The Bertz CT molecular complexity index is 754. The van der Waals surface area contributed by atoms with Gasteiger partial charge >= 0.3 is 0 Å². The summed E-state index contributed by atoms with van der Waals surface area (Å²) in [5, 5.41) is 4.13. The largest absolute Gasteiger partial charge is 0.493 e. The summed E-state index contributed by atoms with van der Waals surface area (Å²) < 4.78 is 16.1. The van der Waals surface area contributed by atoms with Gasteiger partial charge in [0.25, 0.3) is 5.91 Å². The molecule has 1 aromatic heterocycles. The van der Waals surface area contributed by atoms with Crippen molar-refractivity contribution in [1.82, 2.24) is 10.1 Å². The van der Waals surface area contributed by atoms with E-state index in [0.29, 0.717) is 29.5 Å². The molecular weight excluding hydrogens is 320 g/mol. The summed E-state index contributed by atoms with van der Waals surface area (Å²) in [6.07, 6.45) is 1.83. The van der Waals surface area contributed by atoms with Crippen molar-refractivity contribution in [1.29, 1.82) is 0 Å². The molecule has 1 aliphatic heterocycles. The van der Waals surface area contributed by atoms with Crippen LogP contribution in [0, 0.1) is 0 Å². The molecule has 2 heterocycles. The van der Waals surface area contributed by atoms with Crippen LogP contribution in [-0.2, 0) is 0 Å². The van der Waals surface area contributed by atoms with Crippen molar-refractivity contribution >= 4 is 5.91 Å². The smallest absolute Gasteiger partial charge is 0.254 e. The number of hydrogen-bond donors (Lipinski definition) is 0. The van der Waals surface area contributed by atoms with Gasteiger partial charge in [-0.05, 0) is 37.0 Å². The molecule has 0 unspecified atom stereocenters. The Morgan fingerprint density at radius 1 is 1.24 bits per heavy atom. The van der Waals surface area contributed by atoms with Crippen molar-refractivity contribution in [3.63, 3.8) is 0 Å². The van der Waals surface area contributed by atoms with Crippen LogP contribution in [0.2, 0.25) is 0 Å². The number of carbonyl (C=O) groups excluding carboxylic acids is 1. The maximum atomic E-state index is 13.0. The normalized spacial score (nSPS) is 17.2. The number of rotatable bonds is 5. The fourth-order valence-electron chi connectivity index (χ4n) is 3.17. The summed E-state index contributed by atoms with van der Waals surface area (Å²) >= 11 is 0. The molecule has 3 rings (SSSR count). The van der Waals surface area contributed by atoms with E-state index >= 15 is 0 Å². The molecule has 0 N–H and O–H groups in total. The van der Waals surface area contributed by atoms with Gasteiger partial charge in [-0.1, -0.05) is 19.0 Å². The van der Waals surface area contributed by atoms with Crippen LogP contribution in [0.5, 0.6) is 11.5 Å². The van der Waals surface area contributed by atoms with E-state index in [1.54, 1.807) is 32.4 Å². The maximum Gasteiger partial charge on any atom is 0.254 e. The second kappa shape index (κ2) is 7.17. The fourth-order valence-corrected chi connectivity index (χ4v) is 3.17. The van der Waals surface area contributed by atoms with Gasteiger partial charge in [0, 0.05) is 18.2 Å². The Morgan fingerprint density at radius 3 is 2.64 bits per heavy atom. The lowest BCUT2D eigenvalue weighted by Gasteiger charge is -2.23. The van der Waals surface area contributed by atoms with E-state index in [2.05, 4.69) is 19.0 Å². The van der Waals surface area contributed by atoms with Crippen LogP contribution in [0.4, 0.5) is 0 Å².